The van der Waals surface area contributed by atoms with E-state index in [1.807, 2.05) is 0 Å². The minimum atomic E-state index is -1.13. The average molecular weight is 306 g/mol. The van der Waals surface area contributed by atoms with Gasteiger partial charge in [0.05, 0.1) is 11.9 Å². The summed E-state index contributed by atoms with van der Waals surface area (Å²) in [6.07, 6.45) is 0. The van der Waals surface area contributed by atoms with Gasteiger partial charge in [-0.1, -0.05) is 60.7 Å². The topological polar surface area (TPSA) is 80.3 Å². The molecule has 0 aromatic heterocycles. The van der Waals surface area contributed by atoms with Crippen molar-refractivity contribution in [3.05, 3.63) is 71.8 Å². The van der Waals surface area contributed by atoms with Gasteiger partial charge in [-0.15, -0.1) is 0 Å². The Morgan fingerprint density at radius 3 is 1.05 bits per heavy atom. The van der Waals surface area contributed by atoms with Crippen LogP contribution in [0.25, 0.3) is 0 Å². The monoisotopic (exact) mass is 306 g/mol. The fourth-order valence-electron chi connectivity index (χ4n) is 1.15. The Morgan fingerprint density at radius 2 is 0.900 bits per heavy atom. The van der Waals surface area contributed by atoms with Gasteiger partial charge in [-0.3, -0.25) is 0 Å². The third-order valence-corrected chi connectivity index (χ3v) is 2.02. The fraction of sp³-hybridized carbons (Fsp3) is 0. The average Bonchev–Trinajstić information content (AvgIpc) is 2.41. The van der Waals surface area contributed by atoms with Gasteiger partial charge in [0.1, 0.15) is 0 Å². The third-order valence-electron chi connectivity index (χ3n) is 2.02. The van der Waals surface area contributed by atoms with Gasteiger partial charge in [-0.05, 0) is 11.1 Å². The summed E-state index contributed by atoms with van der Waals surface area (Å²) in [5.41, 5.74) is 0.440. The SMILES string of the molecule is O=C([O-])c1ccccc1.O=C([O-])c1ccccc1.[Ca+2].[NaH]. The van der Waals surface area contributed by atoms with E-state index in [1.165, 1.54) is 24.3 Å². The van der Waals surface area contributed by atoms with Crippen LogP contribution >= 0.6 is 0 Å². The van der Waals surface area contributed by atoms with Crippen LogP contribution in [0.1, 0.15) is 20.7 Å². The van der Waals surface area contributed by atoms with Crippen LogP contribution in [0, 0.1) is 0 Å². The van der Waals surface area contributed by atoms with Gasteiger partial charge in [-0.2, -0.15) is 0 Å². The van der Waals surface area contributed by atoms with Crippen LogP contribution in [0.4, 0.5) is 0 Å². The molecule has 0 unspecified atom stereocenters. The molecule has 0 bridgehead atoms. The number of rotatable bonds is 2. The molecular weight excluding hydrogens is 295 g/mol. The molecule has 0 atom stereocenters. The molecule has 4 nitrogen and oxygen atoms in total. The zero-order chi connectivity index (χ0) is 13.4. The van der Waals surface area contributed by atoms with Crippen LogP contribution in [-0.2, 0) is 0 Å². The summed E-state index contributed by atoms with van der Waals surface area (Å²) in [7, 11) is 0. The second-order valence-corrected chi connectivity index (χ2v) is 3.31. The molecule has 0 aliphatic heterocycles. The van der Waals surface area contributed by atoms with Crippen molar-refractivity contribution >= 4 is 79.2 Å². The number of carboxylic acid groups (broad SMARTS) is 2. The molecular formula is C14H11CaNaO4. The van der Waals surface area contributed by atoms with Gasteiger partial charge in [0.15, 0.2) is 0 Å². The second-order valence-electron chi connectivity index (χ2n) is 3.31. The van der Waals surface area contributed by atoms with E-state index in [-0.39, 0.29) is 78.4 Å². The van der Waals surface area contributed by atoms with E-state index in [4.69, 9.17) is 0 Å². The van der Waals surface area contributed by atoms with E-state index >= 15 is 0 Å². The molecule has 0 heterocycles. The second kappa shape index (κ2) is 12.4. The van der Waals surface area contributed by atoms with Crippen molar-refractivity contribution in [2.75, 3.05) is 0 Å². The molecule has 2 aromatic rings. The Bertz CT molecular complexity index is 468. The maximum atomic E-state index is 10.1. The van der Waals surface area contributed by atoms with E-state index in [0.29, 0.717) is 0 Å². The molecule has 0 aliphatic carbocycles. The molecule has 94 valence electrons. The van der Waals surface area contributed by atoms with Crippen LogP contribution in [0.2, 0.25) is 0 Å². The molecule has 0 amide bonds. The number of carbonyl (C=O) groups excluding carboxylic acids is 2. The van der Waals surface area contributed by atoms with Crippen LogP contribution in [0.15, 0.2) is 60.7 Å². The molecule has 0 spiro atoms. The van der Waals surface area contributed by atoms with Crippen molar-refractivity contribution in [3.63, 3.8) is 0 Å². The number of aromatic carboxylic acids is 2. The van der Waals surface area contributed by atoms with Crippen LogP contribution in [0.5, 0.6) is 0 Å². The summed E-state index contributed by atoms with van der Waals surface area (Å²) in [5, 5.41) is 20.2. The molecule has 6 heteroatoms. The molecule has 2 aromatic carbocycles. The van der Waals surface area contributed by atoms with Crippen molar-refractivity contribution < 1.29 is 19.8 Å². The Balaban J connectivity index is 0. The van der Waals surface area contributed by atoms with E-state index in [0.717, 1.165) is 0 Å². The van der Waals surface area contributed by atoms with Crippen molar-refractivity contribution in [2.45, 2.75) is 0 Å². The van der Waals surface area contributed by atoms with Gasteiger partial charge in [-0.25, -0.2) is 0 Å². The summed E-state index contributed by atoms with van der Waals surface area (Å²) in [6, 6.07) is 16.1. The number of hydrogen-bond acceptors (Lipinski definition) is 4. The van der Waals surface area contributed by atoms with Crippen LogP contribution < -0.4 is 10.2 Å². The molecule has 0 aliphatic rings. The molecule has 0 fully saturated rings. The van der Waals surface area contributed by atoms with Crippen molar-refractivity contribution in [1.29, 1.82) is 0 Å². The summed E-state index contributed by atoms with van der Waals surface area (Å²) < 4.78 is 0. The van der Waals surface area contributed by atoms with Crippen molar-refractivity contribution in [2.24, 2.45) is 0 Å². The van der Waals surface area contributed by atoms with Crippen molar-refractivity contribution in [3.8, 4) is 0 Å². The quantitative estimate of drug-likeness (QED) is 0.672. The zero-order valence-electron chi connectivity index (χ0n) is 10.1. The predicted molar refractivity (Wildman–Crippen MR) is 74.4 cm³/mol. The predicted octanol–water partition coefficient (Wildman–Crippen LogP) is -0.929. The molecule has 0 saturated carbocycles. The first-order chi connectivity index (χ1) is 8.61. The van der Waals surface area contributed by atoms with Crippen LogP contribution in [0.3, 0.4) is 0 Å². The molecule has 2 rings (SSSR count). The van der Waals surface area contributed by atoms with Crippen molar-refractivity contribution in [1.82, 2.24) is 0 Å². The number of carbonyl (C=O) groups is 2. The molecule has 20 heavy (non-hydrogen) atoms. The first-order valence-corrected chi connectivity index (χ1v) is 5.14. The Labute approximate surface area is 169 Å². The standard InChI is InChI=1S/2C7H6O2.Ca.Na.H/c2*8-7(9)6-4-2-1-3-5-6;;;/h2*1-5H,(H,8,9);;;/q;;+2;;/p-2. The zero-order valence-corrected chi connectivity index (χ0v) is 12.3. The normalized spacial score (nSPS) is 8.00. The Morgan fingerprint density at radius 1 is 0.650 bits per heavy atom. The Hall–Kier alpha value is -0.360. The van der Waals surface area contributed by atoms with Gasteiger partial charge in [0, 0.05) is 0 Å². The number of carboxylic acids is 2. The third kappa shape index (κ3) is 8.74. The van der Waals surface area contributed by atoms with E-state index in [1.54, 1.807) is 36.4 Å². The number of benzene rings is 2. The minimum absolute atomic E-state index is 0. The van der Waals surface area contributed by atoms with Gasteiger partial charge in [0.2, 0.25) is 0 Å². The van der Waals surface area contributed by atoms with E-state index in [9.17, 15) is 19.8 Å². The van der Waals surface area contributed by atoms with Gasteiger partial charge in [0.25, 0.3) is 0 Å². The maximum absolute atomic E-state index is 10.1. The summed E-state index contributed by atoms with van der Waals surface area (Å²) >= 11 is 0. The number of hydrogen-bond donors (Lipinski definition) is 0. The summed E-state index contributed by atoms with van der Waals surface area (Å²) in [4.78, 5) is 20.2. The Kier molecular flexibility index (Phi) is 13.6. The van der Waals surface area contributed by atoms with E-state index < -0.39 is 11.9 Å². The molecule has 0 saturated heterocycles. The first kappa shape index (κ1) is 21.9. The molecule has 0 radical (unpaired) electrons. The molecule has 0 N–H and O–H groups in total. The first-order valence-electron chi connectivity index (χ1n) is 5.14. The van der Waals surface area contributed by atoms with Gasteiger partial charge >= 0.3 is 67.3 Å². The summed E-state index contributed by atoms with van der Waals surface area (Å²) in [6.45, 7) is 0. The summed E-state index contributed by atoms with van der Waals surface area (Å²) in [5.74, 6) is -2.26. The van der Waals surface area contributed by atoms with E-state index in [2.05, 4.69) is 0 Å². The van der Waals surface area contributed by atoms with Crippen LogP contribution in [-0.4, -0.2) is 79.2 Å². The van der Waals surface area contributed by atoms with Gasteiger partial charge < -0.3 is 19.8 Å². The fourth-order valence-corrected chi connectivity index (χ4v) is 1.15.